The molecule has 0 aliphatic carbocycles. The van der Waals surface area contributed by atoms with Crippen molar-refractivity contribution in [3.8, 4) is 5.75 Å². The number of anilines is 1. The van der Waals surface area contributed by atoms with Crippen LogP contribution < -0.4 is 10.1 Å². The van der Waals surface area contributed by atoms with Crippen molar-refractivity contribution in [1.82, 2.24) is 9.78 Å². The van der Waals surface area contributed by atoms with Gasteiger partial charge in [-0.1, -0.05) is 66.2 Å². The quantitative estimate of drug-likeness (QED) is 0.437. The zero-order valence-corrected chi connectivity index (χ0v) is 16.9. The van der Waals surface area contributed by atoms with Crippen LogP contribution in [0.5, 0.6) is 5.75 Å². The predicted molar refractivity (Wildman–Crippen MR) is 118 cm³/mol. The molecule has 0 aliphatic rings. The van der Waals surface area contributed by atoms with Crippen LogP contribution in [0.1, 0.15) is 21.5 Å². The molecule has 0 unspecified atom stereocenters. The summed E-state index contributed by atoms with van der Waals surface area (Å²) in [5, 5.41) is 7.76. The Hall–Kier alpha value is -3.57. The zero-order chi connectivity index (χ0) is 20.8. The van der Waals surface area contributed by atoms with E-state index >= 15 is 0 Å². The van der Waals surface area contributed by atoms with Gasteiger partial charge in [-0.15, -0.1) is 0 Å². The van der Waals surface area contributed by atoms with E-state index in [2.05, 4.69) is 10.4 Å². The largest absolute Gasteiger partial charge is 0.487 e. The molecular weight excluding hydrogens is 398 g/mol. The molecule has 4 aromatic rings. The summed E-state index contributed by atoms with van der Waals surface area (Å²) in [6.45, 7) is 0.964. The molecule has 1 aromatic heterocycles. The summed E-state index contributed by atoms with van der Waals surface area (Å²) in [6, 6.07) is 24.6. The van der Waals surface area contributed by atoms with E-state index < -0.39 is 0 Å². The second kappa shape index (κ2) is 9.29. The van der Waals surface area contributed by atoms with Crippen molar-refractivity contribution >= 4 is 23.2 Å². The van der Waals surface area contributed by atoms with E-state index in [0.29, 0.717) is 35.2 Å². The van der Waals surface area contributed by atoms with Gasteiger partial charge in [0.05, 0.1) is 23.5 Å². The van der Waals surface area contributed by atoms with Crippen molar-refractivity contribution in [2.45, 2.75) is 13.2 Å². The Kier molecular flexibility index (Phi) is 6.11. The van der Waals surface area contributed by atoms with Gasteiger partial charge in [-0.2, -0.15) is 5.10 Å². The highest BCUT2D eigenvalue weighted by atomic mass is 35.5. The number of aromatic nitrogens is 2. The summed E-state index contributed by atoms with van der Waals surface area (Å²) in [6.07, 6.45) is 3.46. The lowest BCUT2D eigenvalue weighted by molar-refractivity contribution is 0.102. The third kappa shape index (κ3) is 5.07. The topological polar surface area (TPSA) is 56.2 Å². The number of ether oxygens (including phenoxy) is 1. The van der Waals surface area contributed by atoms with Gasteiger partial charge in [-0.3, -0.25) is 9.48 Å². The van der Waals surface area contributed by atoms with Gasteiger partial charge >= 0.3 is 0 Å². The average molecular weight is 418 g/mol. The van der Waals surface area contributed by atoms with E-state index in [0.717, 1.165) is 11.1 Å². The molecule has 0 spiro atoms. The van der Waals surface area contributed by atoms with Gasteiger partial charge < -0.3 is 10.1 Å². The van der Waals surface area contributed by atoms with Crippen molar-refractivity contribution < 1.29 is 9.53 Å². The molecule has 1 amide bonds. The number of rotatable bonds is 7. The Morgan fingerprint density at radius 2 is 1.73 bits per heavy atom. The first kappa shape index (κ1) is 19.7. The maximum atomic E-state index is 12.7. The summed E-state index contributed by atoms with van der Waals surface area (Å²) < 4.78 is 7.55. The Balaban J connectivity index is 1.38. The molecule has 5 nitrogen and oxygen atoms in total. The highest BCUT2D eigenvalue weighted by molar-refractivity contribution is 6.32. The summed E-state index contributed by atoms with van der Waals surface area (Å²) in [5.74, 6) is 0.411. The van der Waals surface area contributed by atoms with Crippen LogP contribution in [0.15, 0.2) is 91.3 Å². The number of carbonyl (C=O) groups is 1. The highest BCUT2D eigenvalue weighted by Gasteiger charge is 2.09. The second-order valence-corrected chi connectivity index (χ2v) is 7.19. The van der Waals surface area contributed by atoms with Gasteiger partial charge in [0.1, 0.15) is 12.4 Å². The monoisotopic (exact) mass is 417 g/mol. The number of halogens is 1. The molecule has 150 valence electrons. The maximum Gasteiger partial charge on any atom is 0.255 e. The lowest BCUT2D eigenvalue weighted by Crippen LogP contribution is -2.12. The third-order valence-electron chi connectivity index (χ3n) is 4.50. The summed E-state index contributed by atoms with van der Waals surface area (Å²) >= 11 is 6.12. The lowest BCUT2D eigenvalue weighted by atomic mass is 10.1. The number of nitrogens with zero attached hydrogens (tertiary/aromatic N) is 2. The van der Waals surface area contributed by atoms with Crippen molar-refractivity contribution in [3.05, 3.63) is 113 Å². The maximum absolute atomic E-state index is 12.7. The van der Waals surface area contributed by atoms with Crippen LogP contribution in [0, 0.1) is 0 Å². The van der Waals surface area contributed by atoms with Crippen LogP contribution >= 0.6 is 11.6 Å². The summed E-state index contributed by atoms with van der Waals surface area (Å²) in [7, 11) is 0. The predicted octanol–water partition coefficient (Wildman–Crippen LogP) is 5.42. The Morgan fingerprint density at radius 3 is 2.57 bits per heavy atom. The van der Waals surface area contributed by atoms with Gasteiger partial charge in [0.25, 0.3) is 5.91 Å². The molecule has 0 aliphatic heterocycles. The van der Waals surface area contributed by atoms with Crippen LogP contribution in [0.4, 0.5) is 5.69 Å². The Labute approximate surface area is 179 Å². The van der Waals surface area contributed by atoms with E-state index in [9.17, 15) is 4.79 Å². The fourth-order valence-corrected chi connectivity index (χ4v) is 3.20. The fourth-order valence-electron chi connectivity index (χ4n) is 3.01. The van der Waals surface area contributed by atoms with Crippen LogP contribution in [-0.4, -0.2) is 15.7 Å². The standard InChI is InChI=1S/C24H20ClN3O2/c25-22-11-4-5-12-23(22)30-17-19-9-6-10-20(13-19)24(29)27-21-14-26-28(16-21)15-18-7-2-1-3-8-18/h1-14,16H,15,17H2,(H,27,29). The number of nitrogens with one attached hydrogen (secondary N) is 1. The first-order valence-electron chi connectivity index (χ1n) is 9.51. The van der Waals surface area contributed by atoms with Crippen LogP contribution in [0.2, 0.25) is 5.02 Å². The molecule has 1 heterocycles. The molecule has 6 heteroatoms. The number of para-hydroxylation sites is 1. The van der Waals surface area contributed by atoms with Gasteiger partial charge in [0.2, 0.25) is 0 Å². The number of hydrogen-bond acceptors (Lipinski definition) is 3. The van der Waals surface area contributed by atoms with Crippen LogP contribution in [-0.2, 0) is 13.2 Å². The van der Waals surface area contributed by atoms with Crippen LogP contribution in [0.3, 0.4) is 0 Å². The average Bonchev–Trinajstić information content (AvgIpc) is 3.20. The SMILES string of the molecule is O=C(Nc1cnn(Cc2ccccc2)c1)c1cccc(COc2ccccc2Cl)c1. The zero-order valence-electron chi connectivity index (χ0n) is 16.2. The van der Waals surface area contributed by atoms with Gasteiger partial charge in [0, 0.05) is 11.8 Å². The molecule has 4 rings (SSSR count). The van der Waals surface area contributed by atoms with Crippen molar-refractivity contribution in [3.63, 3.8) is 0 Å². The van der Waals surface area contributed by atoms with Crippen LogP contribution in [0.25, 0.3) is 0 Å². The van der Waals surface area contributed by atoms with Crippen molar-refractivity contribution in [2.24, 2.45) is 0 Å². The normalized spacial score (nSPS) is 10.6. The molecule has 1 N–H and O–H groups in total. The van der Waals surface area contributed by atoms with E-state index in [1.807, 2.05) is 66.9 Å². The van der Waals surface area contributed by atoms with E-state index in [-0.39, 0.29) is 5.91 Å². The fraction of sp³-hybridized carbons (Fsp3) is 0.0833. The second-order valence-electron chi connectivity index (χ2n) is 6.79. The molecule has 0 atom stereocenters. The minimum atomic E-state index is -0.200. The first-order chi connectivity index (χ1) is 14.7. The summed E-state index contributed by atoms with van der Waals surface area (Å²) in [4.78, 5) is 12.7. The first-order valence-corrected chi connectivity index (χ1v) is 9.89. The summed E-state index contributed by atoms with van der Waals surface area (Å²) in [5.41, 5.74) is 3.21. The molecule has 0 saturated carbocycles. The highest BCUT2D eigenvalue weighted by Crippen LogP contribution is 2.24. The van der Waals surface area contributed by atoms with Gasteiger partial charge in [-0.25, -0.2) is 0 Å². The number of amides is 1. The van der Waals surface area contributed by atoms with Crippen molar-refractivity contribution in [2.75, 3.05) is 5.32 Å². The molecule has 0 saturated heterocycles. The molecule has 30 heavy (non-hydrogen) atoms. The Bertz CT molecular complexity index is 1140. The number of carbonyl (C=O) groups excluding carboxylic acids is 1. The number of benzene rings is 3. The minimum Gasteiger partial charge on any atom is -0.487 e. The molecule has 0 fully saturated rings. The third-order valence-corrected chi connectivity index (χ3v) is 4.81. The molecule has 3 aromatic carbocycles. The number of hydrogen-bond donors (Lipinski definition) is 1. The minimum absolute atomic E-state index is 0.200. The van der Waals surface area contributed by atoms with E-state index in [1.165, 1.54) is 0 Å². The van der Waals surface area contributed by atoms with E-state index in [4.69, 9.17) is 16.3 Å². The van der Waals surface area contributed by atoms with Gasteiger partial charge in [0.15, 0.2) is 0 Å². The van der Waals surface area contributed by atoms with Gasteiger partial charge in [-0.05, 0) is 35.4 Å². The molecule has 0 radical (unpaired) electrons. The molecule has 0 bridgehead atoms. The Morgan fingerprint density at radius 1 is 0.967 bits per heavy atom. The van der Waals surface area contributed by atoms with Crippen molar-refractivity contribution in [1.29, 1.82) is 0 Å². The van der Waals surface area contributed by atoms with E-state index in [1.54, 1.807) is 29.1 Å². The lowest BCUT2D eigenvalue weighted by Gasteiger charge is -2.09. The molecular formula is C24H20ClN3O2. The smallest absolute Gasteiger partial charge is 0.255 e.